The quantitative estimate of drug-likeness (QED) is 0.0362. The average molecular weight is 891 g/mol. The van der Waals surface area contributed by atoms with E-state index in [0.29, 0.717) is 6.42 Å². The first-order valence-electron chi connectivity index (χ1n) is 29.0. The van der Waals surface area contributed by atoms with Crippen LogP contribution in [0.4, 0.5) is 0 Å². The predicted molar refractivity (Wildman–Crippen MR) is 278 cm³/mol. The van der Waals surface area contributed by atoms with Crippen molar-refractivity contribution in [3.63, 3.8) is 0 Å². The van der Waals surface area contributed by atoms with Crippen LogP contribution in [0.25, 0.3) is 0 Å². The molecule has 0 aliphatic rings. The van der Waals surface area contributed by atoms with Crippen LogP contribution in [-0.4, -0.2) is 46.1 Å². The van der Waals surface area contributed by atoms with E-state index in [1.54, 1.807) is 6.08 Å². The van der Waals surface area contributed by atoms with Crippen LogP contribution in [-0.2, 0) is 4.79 Å². The molecule has 0 radical (unpaired) electrons. The van der Waals surface area contributed by atoms with Gasteiger partial charge in [0.1, 0.15) is 6.10 Å². The van der Waals surface area contributed by atoms with Gasteiger partial charge < -0.3 is 20.6 Å². The van der Waals surface area contributed by atoms with Crippen molar-refractivity contribution in [1.29, 1.82) is 0 Å². The van der Waals surface area contributed by atoms with Gasteiger partial charge in [0.2, 0.25) is 5.91 Å². The third-order valence-corrected chi connectivity index (χ3v) is 13.9. The second-order valence-corrected chi connectivity index (χ2v) is 20.2. The summed E-state index contributed by atoms with van der Waals surface area (Å²) in [6.07, 6.45) is 67.3. The molecule has 0 aliphatic carbocycles. The highest BCUT2D eigenvalue weighted by Gasteiger charge is 2.22. The maximum Gasteiger partial charge on any atom is 0.249 e. The standard InChI is InChI=1S/C58H115NO4/c1-3-5-7-9-11-13-15-17-19-21-23-24-25-26-27-28-29-30-31-32-33-35-37-39-41-43-45-47-49-51-53-57(62)58(63)59-55(54-60)56(61)52-50-48-46-44-42-40-38-36-34-22-20-18-16-14-12-10-8-6-4-2/h50,52,55-57,60-62H,3-49,51,53-54H2,1-2H3,(H,59,63)/b52-50+. The zero-order valence-corrected chi connectivity index (χ0v) is 43.0. The van der Waals surface area contributed by atoms with Crippen LogP contribution < -0.4 is 5.32 Å². The van der Waals surface area contributed by atoms with E-state index in [0.717, 1.165) is 32.1 Å². The van der Waals surface area contributed by atoms with Crippen molar-refractivity contribution in [1.82, 2.24) is 5.32 Å². The fourth-order valence-corrected chi connectivity index (χ4v) is 9.37. The number of aliphatic hydroxyl groups is 3. The van der Waals surface area contributed by atoms with Crippen LogP contribution in [0.15, 0.2) is 12.2 Å². The monoisotopic (exact) mass is 890 g/mol. The molecule has 0 aromatic carbocycles. The fraction of sp³-hybridized carbons (Fsp3) is 0.948. The minimum atomic E-state index is -1.09. The van der Waals surface area contributed by atoms with Gasteiger partial charge in [-0.1, -0.05) is 321 Å². The van der Waals surface area contributed by atoms with Gasteiger partial charge in [-0.05, 0) is 19.3 Å². The van der Waals surface area contributed by atoms with E-state index in [2.05, 4.69) is 19.2 Å². The number of carbonyl (C=O) groups is 1. The normalized spacial score (nSPS) is 13.3. The molecule has 4 N–H and O–H groups in total. The molecule has 0 aliphatic heterocycles. The van der Waals surface area contributed by atoms with E-state index < -0.39 is 24.2 Å². The van der Waals surface area contributed by atoms with Crippen LogP contribution in [0.2, 0.25) is 0 Å². The zero-order valence-electron chi connectivity index (χ0n) is 43.0. The van der Waals surface area contributed by atoms with Crippen LogP contribution in [0, 0.1) is 0 Å². The summed E-state index contributed by atoms with van der Waals surface area (Å²) in [7, 11) is 0. The van der Waals surface area contributed by atoms with Crippen LogP contribution in [0.5, 0.6) is 0 Å². The summed E-state index contributed by atoms with van der Waals surface area (Å²) < 4.78 is 0. The molecule has 5 nitrogen and oxygen atoms in total. The predicted octanol–water partition coefficient (Wildman–Crippen LogP) is 17.9. The van der Waals surface area contributed by atoms with Gasteiger partial charge in [0.25, 0.3) is 0 Å². The molecule has 0 fully saturated rings. The van der Waals surface area contributed by atoms with Crippen molar-refractivity contribution in [2.75, 3.05) is 6.61 Å². The lowest BCUT2D eigenvalue weighted by Gasteiger charge is -2.21. The Labute approximate surface area is 395 Å². The number of nitrogens with one attached hydrogen (secondary N) is 1. The van der Waals surface area contributed by atoms with Gasteiger partial charge in [-0.15, -0.1) is 0 Å². The first-order chi connectivity index (χ1) is 31.1. The molecule has 0 saturated heterocycles. The molecule has 0 heterocycles. The van der Waals surface area contributed by atoms with Gasteiger partial charge in [-0.2, -0.15) is 0 Å². The number of carbonyl (C=O) groups excluding carboxylic acids is 1. The third-order valence-electron chi connectivity index (χ3n) is 13.9. The van der Waals surface area contributed by atoms with Crippen LogP contribution >= 0.6 is 0 Å². The van der Waals surface area contributed by atoms with Crippen LogP contribution in [0.1, 0.15) is 328 Å². The van der Waals surface area contributed by atoms with E-state index in [1.807, 2.05) is 6.08 Å². The number of unbranched alkanes of at least 4 members (excludes halogenated alkanes) is 46. The maximum absolute atomic E-state index is 12.6. The Kier molecular flexibility index (Phi) is 52.9. The summed E-state index contributed by atoms with van der Waals surface area (Å²) in [6, 6.07) is -0.794. The molecule has 1 amide bonds. The van der Waals surface area contributed by atoms with Crippen molar-refractivity contribution >= 4 is 5.91 Å². The van der Waals surface area contributed by atoms with Gasteiger partial charge in [-0.3, -0.25) is 4.79 Å². The smallest absolute Gasteiger partial charge is 0.249 e. The Hall–Kier alpha value is -0.910. The minimum Gasteiger partial charge on any atom is -0.394 e. The Morgan fingerprint density at radius 3 is 0.873 bits per heavy atom. The second kappa shape index (κ2) is 53.7. The Morgan fingerprint density at radius 2 is 0.619 bits per heavy atom. The number of aliphatic hydroxyl groups excluding tert-OH is 3. The molecular formula is C58H115NO4. The summed E-state index contributed by atoms with van der Waals surface area (Å²) in [4.78, 5) is 12.6. The third kappa shape index (κ3) is 48.8. The molecule has 3 atom stereocenters. The number of amides is 1. The fourth-order valence-electron chi connectivity index (χ4n) is 9.37. The van der Waals surface area contributed by atoms with Crippen molar-refractivity contribution in [3.8, 4) is 0 Å². The van der Waals surface area contributed by atoms with Crippen molar-refractivity contribution in [3.05, 3.63) is 12.2 Å². The van der Waals surface area contributed by atoms with Gasteiger partial charge in [0.05, 0.1) is 18.8 Å². The minimum absolute atomic E-state index is 0.358. The summed E-state index contributed by atoms with van der Waals surface area (Å²) in [5.41, 5.74) is 0. The molecule has 3 unspecified atom stereocenters. The van der Waals surface area contributed by atoms with E-state index in [9.17, 15) is 20.1 Å². The molecule has 0 spiro atoms. The van der Waals surface area contributed by atoms with E-state index in [4.69, 9.17) is 0 Å². The molecular weight excluding hydrogens is 775 g/mol. The summed E-state index contributed by atoms with van der Waals surface area (Å²) >= 11 is 0. The second-order valence-electron chi connectivity index (χ2n) is 20.2. The highest BCUT2D eigenvalue weighted by molar-refractivity contribution is 5.80. The average Bonchev–Trinajstić information content (AvgIpc) is 3.29. The van der Waals surface area contributed by atoms with Crippen molar-refractivity contribution in [2.45, 2.75) is 347 Å². The molecule has 376 valence electrons. The first-order valence-corrected chi connectivity index (χ1v) is 29.0. The molecule has 5 heteroatoms. The first kappa shape index (κ1) is 62.1. The molecule has 0 bridgehead atoms. The number of hydrogen-bond donors (Lipinski definition) is 4. The van der Waals surface area contributed by atoms with E-state index >= 15 is 0 Å². The highest BCUT2D eigenvalue weighted by atomic mass is 16.3. The van der Waals surface area contributed by atoms with Crippen LogP contribution in [0.3, 0.4) is 0 Å². The van der Waals surface area contributed by atoms with E-state index in [1.165, 1.54) is 276 Å². The lowest BCUT2D eigenvalue weighted by atomic mass is 10.0. The molecule has 0 aromatic heterocycles. The Bertz CT molecular complexity index is 894. The molecule has 63 heavy (non-hydrogen) atoms. The van der Waals surface area contributed by atoms with Gasteiger partial charge in [0, 0.05) is 0 Å². The summed E-state index contributed by atoms with van der Waals surface area (Å²) in [6.45, 7) is 4.23. The number of hydrogen-bond acceptors (Lipinski definition) is 4. The largest absolute Gasteiger partial charge is 0.394 e. The maximum atomic E-state index is 12.6. The lowest BCUT2D eigenvalue weighted by molar-refractivity contribution is -0.131. The van der Waals surface area contributed by atoms with Crippen molar-refractivity contribution in [2.24, 2.45) is 0 Å². The topological polar surface area (TPSA) is 89.8 Å². The Morgan fingerprint density at radius 1 is 0.381 bits per heavy atom. The van der Waals surface area contributed by atoms with Gasteiger partial charge >= 0.3 is 0 Å². The summed E-state index contributed by atoms with van der Waals surface area (Å²) in [5.74, 6) is -0.495. The number of allylic oxidation sites excluding steroid dienone is 1. The van der Waals surface area contributed by atoms with Crippen molar-refractivity contribution < 1.29 is 20.1 Å². The highest BCUT2D eigenvalue weighted by Crippen LogP contribution is 2.18. The van der Waals surface area contributed by atoms with E-state index in [-0.39, 0.29) is 6.61 Å². The lowest BCUT2D eigenvalue weighted by Crippen LogP contribution is -2.48. The van der Waals surface area contributed by atoms with Gasteiger partial charge in [-0.25, -0.2) is 0 Å². The molecule has 0 saturated carbocycles. The summed E-state index contributed by atoms with van der Waals surface area (Å²) in [5, 5.41) is 33.4. The molecule has 0 aromatic rings. The number of rotatable bonds is 54. The zero-order chi connectivity index (χ0) is 45.8. The SMILES string of the molecule is CCCCCCCCCCCCCCCCCCC/C=C/C(O)C(CO)NC(=O)C(O)CCCCCCCCCCCCCCCCCCCCCCCCCCCCCCCC. The molecule has 0 rings (SSSR count). The Balaban J connectivity index is 3.50. The van der Waals surface area contributed by atoms with Gasteiger partial charge in [0.15, 0.2) is 0 Å².